The highest BCUT2D eigenvalue weighted by Crippen LogP contribution is 2.27. The predicted molar refractivity (Wildman–Crippen MR) is 105 cm³/mol. The van der Waals surface area contributed by atoms with E-state index >= 15 is 0 Å². The summed E-state index contributed by atoms with van der Waals surface area (Å²) < 4.78 is 4.97. The number of rotatable bonds is 5. The molecule has 0 atom stereocenters. The van der Waals surface area contributed by atoms with Crippen LogP contribution in [0.25, 0.3) is 0 Å². The molecule has 0 saturated carbocycles. The van der Waals surface area contributed by atoms with E-state index in [0.717, 1.165) is 11.1 Å². The van der Waals surface area contributed by atoms with Crippen molar-refractivity contribution in [2.45, 2.75) is 33.6 Å². The molecule has 0 aliphatic carbocycles. The normalized spacial score (nSPS) is 10.4. The van der Waals surface area contributed by atoms with Gasteiger partial charge in [0.15, 0.2) is 0 Å². The Labute approximate surface area is 158 Å². The van der Waals surface area contributed by atoms with Crippen LogP contribution in [0.15, 0.2) is 42.5 Å². The molecule has 2 aromatic rings. The van der Waals surface area contributed by atoms with Crippen molar-refractivity contribution in [3.05, 3.63) is 59.2 Å². The lowest BCUT2D eigenvalue weighted by atomic mass is 9.98. The van der Waals surface area contributed by atoms with Crippen molar-refractivity contribution in [1.29, 1.82) is 0 Å². The first kappa shape index (κ1) is 20.2. The van der Waals surface area contributed by atoms with E-state index in [1.54, 1.807) is 25.1 Å². The smallest absolute Gasteiger partial charge is 0.340 e. The SMILES string of the molecule is CCOC(=O)c1ccccc1NC(=O)C(=O)Nc1c(C)cccc1C(C)C. The summed E-state index contributed by atoms with van der Waals surface area (Å²) in [4.78, 5) is 36.8. The Hall–Kier alpha value is -3.15. The number of carbonyl (C=O) groups excluding carboxylic acids is 3. The van der Waals surface area contributed by atoms with Crippen molar-refractivity contribution >= 4 is 29.2 Å². The van der Waals surface area contributed by atoms with Crippen molar-refractivity contribution < 1.29 is 19.1 Å². The second kappa shape index (κ2) is 8.98. The van der Waals surface area contributed by atoms with Crippen LogP contribution in [0.2, 0.25) is 0 Å². The maximum atomic E-state index is 12.4. The van der Waals surface area contributed by atoms with Gasteiger partial charge in [0.2, 0.25) is 0 Å². The van der Waals surface area contributed by atoms with Gasteiger partial charge in [-0.15, -0.1) is 0 Å². The summed E-state index contributed by atoms with van der Waals surface area (Å²) in [6.45, 7) is 7.81. The van der Waals surface area contributed by atoms with E-state index in [-0.39, 0.29) is 23.8 Å². The lowest BCUT2D eigenvalue weighted by Crippen LogP contribution is -2.30. The largest absolute Gasteiger partial charge is 0.462 e. The van der Waals surface area contributed by atoms with E-state index in [1.165, 1.54) is 6.07 Å². The van der Waals surface area contributed by atoms with Crippen LogP contribution in [0.5, 0.6) is 0 Å². The number of hydrogen-bond donors (Lipinski definition) is 2. The molecule has 0 spiro atoms. The number of esters is 1. The lowest BCUT2D eigenvalue weighted by Gasteiger charge is -2.16. The molecule has 0 fully saturated rings. The summed E-state index contributed by atoms with van der Waals surface area (Å²) in [6.07, 6.45) is 0. The molecule has 0 aliphatic rings. The van der Waals surface area contributed by atoms with E-state index in [1.807, 2.05) is 39.0 Å². The van der Waals surface area contributed by atoms with Crippen molar-refractivity contribution in [3.8, 4) is 0 Å². The van der Waals surface area contributed by atoms with E-state index in [4.69, 9.17) is 4.74 Å². The van der Waals surface area contributed by atoms with E-state index < -0.39 is 17.8 Å². The maximum Gasteiger partial charge on any atom is 0.340 e. The second-order valence-corrected chi connectivity index (χ2v) is 6.37. The molecular weight excluding hydrogens is 344 g/mol. The van der Waals surface area contributed by atoms with Gasteiger partial charge in [0.05, 0.1) is 17.9 Å². The molecule has 2 aromatic carbocycles. The molecule has 0 saturated heterocycles. The third-order valence-corrected chi connectivity index (χ3v) is 4.04. The molecular formula is C21H24N2O4. The summed E-state index contributed by atoms with van der Waals surface area (Å²) in [5, 5.41) is 5.17. The minimum Gasteiger partial charge on any atom is -0.462 e. The third kappa shape index (κ3) is 4.94. The Morgan fingerprint density at radius 1 is 0.963 bits per heavy atom. The van der Waals surface area contributed by atoms with Gasteiger partial charge in [-0.05, 0) is 43.0 Å². The molecule has 6 heteroatoms. The first-order chi connectivity index (χ1) is 12.8. The van der Waals surface area contributed by atoms with Gasteiger partial charge in [0.1, 0.15) is 0 Å². The predicted octanol–water partition coefficient (Wildman–Crippen LogP) is 3.87. The molecule has 6 nitrogen and oxygen atoms in total. The van der Waals surface area contributed by atoms with Gasteiger partial charge in [-0.1, -0.05) is 44.2 Å². The highest BCUT2D eigenvalue weighted by atomic mass is 16.5. The van der Waals surface area contributed by atoms with Crippen molar-refractivity contribution in [1.82, 2.24) is 0 Å². The van der Waals surface area contributed by atoms with Crippen LogP contribution in [0, 0.1) is 6.92 Å². The lowest BCUT2D eigenvalue weighted by molar-refractivity contribution is -0.133. The number of carbonyl (C=O) groups is 3. The van der Waals surface area contributed by atoms with Crippen LogP contribution in [-0.4, -0.2) is 24.4 Å². The molecule has 0 aliphatic heterocycles. The number of ether oxygens (including phenoxy) is 1. The van der Waals surface area contributed by atoms with Gasteiger partial charge in [-0.25, -0.2) is 4.79 Å². The molecule has 2 N–H and O–H groups in total. The summed E-state index contributed by atoms with van der Waals surface area (Å²) in [5.41, 5.74) is 2.87. The van der Waals surface area contributed by atoms with Crippen molar-refractivity contribution in [3.63, 3.8) is 0 Å². The van der Waals surface area contributed by atoms with Gasteiger partial charge >= 0.3 is 17.8 Å². The Morgan fingerprint density at radius 3 is 2.30 bits per heavy atom. The molecule has 2 rings (SSSR count). The van der Waals surface area contributed by atoms with Gasteiger partial charge < -0.3 is 15.4 Å². The number of benzene rings is 2. The van der Waals surface area contributed by atoms with E-state index in [0.29, 0.717) is 5.69 Å². The molecule has 0 heterocycles. The zero-order valence-electron chi connectivity index (χ0n) is 16.0. The molecule has 2 amide bonds. The summed E-state index contributed by atoms with van der Waals surface area (Å²) in [5.74, 6) is -2.03. The van der Waals surface area contributed by atoms with Crippen LogP contribution < -0.4 is 10.6 Å². The quantitative estimate of drug-likeness (QED) is 0.620. The number of para-hydroxylation sites is 2. The highest BCUT2D eigenvalue weighted by molar-refractivity contribution is 6.44. The number of nitrogens with one attached hydrogen (secondary N) is 2. The van der Waals surface area contributed by atoms with E-state index in [9.17, 15) is 14.4 Å². The monoisotopic (exact) mass is 368 g/mol. The summed E-state index contributed by atoms with van der Waals surface area (Å²) in [6, 6.07) is 12.1. The number of hydrogen-bond acceptors (Lipinski definition) is 4. The van der Waals surface area contributed by atoms with Crippen LogP contribution in [-0.2, 0) is 14.3 Å². The molecule has 142 valence electrons. The topological polar surface area (TPSA) is 84.5 Å². The van der Waals surface area contributed by atoms with Crippen LogP contribution in [0.1, 0.15) is 48.2 Å². The Morgan fingerprint density at radius 2 is 1.63 bits per heavy atom. The standard InChI is InChI=1S/C21H24N2O4/c1-5-27-21(26)16-10-6-7-12-17(16)22-19(24)20(25)23-18-14(4)9-8-11-15(18)13(2)3/h6-13H,5H2,1-4H3,(H,22,24)(H,23,25). The number of anilines is 2. The molecule has 0 unspecified atom stereocenters. The van der Waals surface area contributed by atoms with Gasteiger partial charge in [-0.2, -0.15) is 0 Å². The minimum absolute atomic E-state index is 0.188. The maximum absolute atomic E-state index is 12.4. The Bertz CT molecular complexity index is 859. The zero-order chi connectivity index (χ0) is 20.0. The number of aryl methyl sites for hydroxylation is 1. The first-order valence-electron chi connectivity index (χ1n) is 8.83. The zero-order valence-corrected chi connectivity index (χ0v) is 16.0. The van der Waals surface area contributed by atoms with Gasteiger partial charge in [0.25, 0.3) is 0 Å². The molecule has 0 aromatic heterocycles. The fraction of sp³-hybridized carbons (Fsp3) is 0.286. The summed E-state index contributed by atoms with van der Waals surface area (Å²) in [7, 11) is 0. The second-order valence-electron chi connectivity index (χ2n) is 6.37. The van der Waals surface area contributed by atoms with Crippen LogP contribution in [0.3, 0.4) is 0 Å². The first-order valence-corrected chi connectivity index (χ1v) is 8.83. The summed E-state index contributed by atoms with van der Waals surface area (Å²) >= 11 is 0. The fourth-order valence-electron chi connectivity index (χ4n) is 2.67. The Kier molecular flexibility index (Phi) is 6.71. The average molecular weight is 368 g/mol. The van der Waals surface area contributed by atoms with Crippen LogP contribution in [0.4, 0.5) is 11.4 Å². The molecule has 0 radical (unpaired) electrons. The Balaban J connectivity index is 2.19. The third-order valence-electron chi connectivity index (χ3n) is 4.04. The minimum atomic E-state index is -0.857. The van der Waals surface area contributed by atoms with Gasteiger partial charge in [-0.3, -0.25) is 9.59 Å². The molecule has 27 heavy (non-hydrogen) atoms. The average Bonchev–Trinajstić information content (AvgIpc) is 2.63. The van der Waals surface area contributed by atoms with Crippen LogP contribution >= 0.6 is 0 Å². The van der Waals surface area contributed by atoms with Crippen molar-refractivity contribution in [2.24, 2.45) is 0 Å². The molecule has 0 bridgehead atoms. The highest BCUT2D eigenvalue weighted by Gasteiger charge is 2.20. The fourth-order valence-corrected chi connectivity index (χ4v) is 2.67. The van der Waals surface area contributed by atoms with Gasteiger partial charge in [0, 0.05) is 5.69 Å². The van der Waals surface area contributed by atoms with E-state index in [2.05, 4.69) is 10.6 Å². The number of amides is 2. The van der Waals surface area contributed by atoms with Crippen molar-refractivity contribution in [2.75, 3.05) is 17.2 Å².